The molecule has 116 valence electrons. The molecule has 0 fully saturated rings. The Labute approximate surface area is 131 Å². The van der Waals surface area contributed by atoms with E-state index in [9.17, 15) is 13.2 Å². The van der Waals surface area contributed by atoms with Crippen molar-refractivity contribution >= 4 is 10.9 Å². The van der Waals surface area contributed by atoms with Gasteiger partial charge >= 0.3 is 6.18 Å². The standard InChI is InChI=1S/C18H13F3N2/c1-12(14-5-2-4-13(10-14)11-22)23-9-8-15-16(18(19,20)21)6-3-7-17(15)23/h2-10,12H,1H3/t12-/m1/s1. The highest BCUT2D eigenvalue weighted by Gasteiger charge is 2.33. The van der Waals surface area contributed by atoms with Crippen LogP contribution in [-0.4, -0.2) is 4.57 Å². The van der Waals surface area contributed by atoms with Gasteiger partial charge in [-0.2, -0.15) is 18.4 Å². The fraction of sp³-hybridized carbons (Fsp3) is 0.167. The van der Waals surface area contributed by atoms with Crippen LogP contribution in [0.25, 0.3) is 10.9 Å². The maximum absolute atomic E-state index is 13.1. The van der Waals surface area contributed by atoms with Gasteiger partial charge in [-0.15, -0.1) is 0 Å². The van der Waals surface area contributed by atoms with Crippen LogP contribution < -0.4 is 0 Å². The van der Waals surface area contributed by atoms with Crippen molar-refractivity contribution in [1.29, 1.82) is 5.26 Å². The van der Waals surface area contributed by atoms with E-state index in [4.69, 9.17) is 5.26 Å². The summed E-state index contributed by atoms with van der Waals surface area (Å²) in [6.07, 6.45) is -2.72. The fourth-order valence-corrected chi connectivity index (χ4v) is 2.80. The van der Waals surface area contributed by atoms with Crippen molar-refractivity contribution in [2.75, 3.05) is 0 Å². The Kier molecular flexibility index (Phi) is 3.61. The molecular formula is C18H13F3N2. The third-order valence-electron chi connectivity index (χ3n) is 3.98. The van der Waals surface area contributed by atoms with E-state index in [2.05, 4.69) is 6.07 Å². The number of halogens is 3. The van der Waals surface area contributed by atoms with Gasteiger partial charge in [0, 0.05) is 17.1 Å². The van der Waals surface area contributed by atoms with Gasteiger partial charge in [0.15, 0.2) is 0 Å². The number of benzene rings is 2. The molecule has 0 aliphatic heterocycles. The van der Waals surface area contributed by atoms with Crippen molar-refractivity contribution in [2.24, 2.45) is 0 Å². The highest BCUT2D eigenvalue weighted by atomic mass is 19.4. The van der Waals surface area contributed by atoms with Crippen LogP contribution in [0.1, 0.15) is 29.7 Å². The monoisotopic (exact) mass is 314 g/mol. The lowest BCUT2D eigenvalue weighted by molar-refractivity contribution is -0.136. The van der Waals surface area contributed by atoms with E-state index in [0.29, 0.717) is 11.1 Å². The van der Waals surface area contributed by atoms with E-state index in [1.807, 2.05) is 13.0 Å². The van der Waals surface area contributed by atoms with E-state index in [0.717, 1.165) is 11.6 Å². The smallest absolute Gasteiger partial charge is 0.340 e. The van der Waals surface area contributed by atoms with E-state index >= 15 is 0 Å². The quantitative estimate of drug-likeness (QED) is 0.643. The van der Waals surface area contributed by atoms with Crippen LogP contribution in [0.2, 0.25) is 0 Å². The van der Waals surface area contributed by atoms with Crippen molar-refractivity contribution in [3.8, 4) is 6.07 Å². The summed E-state index contributed by atoms with van der Waals surface area (Å²) < 4.78 is 41.1. The average Bonchev–Trinajstić information content (AvgIpc) is 2.97. The van der Waals surface area contributed by atoms with Crippen LogP contribution in [0.5, 0.6) is 0 Å². The van der Waals surface area contributed by atoms with Crippen LogP contribution in [0.4, 0.5) is 13.2 Å². The Morgan fingerprint density at radius 3 is 2.52 bits per heavy atom. The molecule has 0 unspecified atom stereocenters. The van der Waals surface area contributed by atoms with Gasteiger partial charge in [-0.1, -0.05) is 18.2 Å². The van der Waals surface area contributed by atoms with E-state index in [1.165, 1.54) is 12.1 Å². The Balaban J connectivity index is 2.12. The van der Waals surface area contributed by atoms with Crippen LogP contribution in [0.3, 0.4) is 0 Å². The zero-order valence-corrected chi connectivity index (χ0v) is 12.3. The lowest BCUT2D eigenvalue weighted by atomic mass is 10.0. The molecule has 0 saturated heterocycles. The molecule has 5 heteroatoms. The zero-order chi connectivity index (χ0) is 16.6. The summed E-state index contributed by atoms with van der Waals surface area (Å²) in [7, 11) is 0. The van der Waals surface area contributed by atoms with E-state index in [-0.39, 0.29) is 11.4 Å². The van der Waals surface area contributed by atoms with E-state index in [1.54, 1.807) is 35.0 Å². The average molecular weight is 314 g/mol. The topological polar surface area (TPSA) is 28.7 Å². The molecule has 0 amide bonds. The summed E-state index contributed by atoms with van der Waals surface area (Å²) in [5, 5.41) is 9.17. The molecule has 0 saturated carbocycles. The first kappa shape index (κ1) is 15.2. The lowest BCUT2D eigenvalue weighted by Crippen LogP contribution is -2.07. The number of rotatable bonds is 2. The number of nitriles is 1. The summed E-state index contributed by atoms with van der Waals surface area (Å²) in [5.41, 5.74) is 1.29. The van der Waals surface area contributed by atoms with Gasteiger partial charge in [0.25, 0.3) is 0 Å². The third-order valence-corrected chi connectivity index (χ3v) is 3.98. The highest BCUT2D eigenvalue weighted by Crippen LogP contribution is 2.36. The maximum Gasteiger partial charge on any atom is 0.417 e. The molecule has 0 aliphatic rings. The van der Waals surface area contributed by atoms with Crippen LogP contribution in [-0.2, 0) is 6.18 Å². The number of alkyl halides is 3. The molecule has 0 bridgehead atoms. The summed E-state index contributed by atoms with van der Waals surface area (Å²) in [5.74, 6) is 0. The second kappa shape index (κ2) is 5.47. The Hall–Kier alpha value is -2.74. The molecule has 1 heterocycles. The van der Waals surface area contributed by atoms with Gasteiger partial charge < -0.3 is 4.57 Å². The number of hydrogen-bond donors (Lipinski definition) is 0. The number of fused-ring (bicyclic) bond motifs is 1. The summed E-state index contributed by atoms with van der Waals surface area (Å²) in [6.45, 7) is 1.90. The minimum atomic E-state index is -4.38. The zero-order valence-electron chi connectivity index (χ0n) is 12.3. The minimum Gasteiger partial charge on any atom is -0.340 e. The Morgan fingerprint density at radius 2 is 1.83 bits per heavy atom. The molecule has 3 aromatic rings. The first-order valence-electron chi connectivity index (χ1n) is 7.08. The Bertz CT molecular complexity index is 901. The first-order valence-corrected chi connectivity index (χ1v) is 7.08. The molecule has 23 heavy (non-hydrogen) atoms. The van der Waals surface area contributed by atoms with Crippen molar-refractivity contribution in [3.63, 3.8) is 0 Å². The molecule has 2 aromatic carbocycles. The van der Waals surface area contributed by atoms with Gasteiger partial charge in [0.1, 0.15) is 0 Å². The lowest BCUT2D eigenvalue weighted by Gasteiger charge is -2.17. The number of aromatic nitrogens is 1. The fourth-order valence-electron chi connectivity index (χ4n) is 2.80. The van der Waals surface area contributed by atoms with Gasteiger partial charge in [-0.05, 0) is 42.8 Å². The Morgan fingerprint density at radius 1 is 1.09 bits per heavy atom. The van der Waals surface area contributed by atoms with Crippen molar-refractivity contribution in [2.45, 2.75) is 19.1 Å². The van der Waals surface area contributed by atoms with E-state index < -0.39 is 11.7 Å². The molecule has 2 nitrogen and oxygen atoms in total. The molecule has 1 aromatic heterocycles. The van der Waals surface area contributed by atoms with Crippen LogP contribution in [0, 0.1) is 11.3 Å². The molecule has 0 aliphatic carbocycles. The van der Waals surface area contributed by atoms with Gasteiger partial charge in [-0.3, -0.25) is 0 Å². The molecular weight excluding hydrogens is 301 g/mol. The van der Waals surface area contributed by atoms with Gasteiger partial charge in [0.05, 0.1) is 23.2 Å². The third kappa shape index (κ3) is 2.68. The number of hydrogen-bond acceptors (Lipinski definition) is 1. The predicted octanol–water partition coefficient (Wildman–Crippen LogP) is 5.14. The summed E-state index contributed by atoms with van der Waals surface area (Å²) in [6, 6.07) is 14.7. The molecule has 0 radical (unpaired) electrons. The molecule has 3 rings (SSSR count). The highest BCUT2D eigenvalue weighted by molar-refractivity contribution is 5.84. The van der Waals surface area contributed by atoms with Crippen molar-refractivity contribution in [1.82, 2.24) is 4.57 Å². The summed E-state index contributed by atoms with van der Waals surface area (Å²) in [4.78, 5) is 0. The molecule has 1 atom stereocenters. The molecule has 0 spiro atoms. The maximum atomic E-state index is 13.1. The minimum absolute atomic E-state index is 0.177. The van der Waals surface area contributed by atoms with Crippen molar-refractivity contribution in [3.05, 3.63) is 71.4 Å². The van der Waals surface area contributed by atoms with Crippen LogP contribution in [0.15, 0.2) is 54.7 Å². The summed E-state index contributed by atoms with van der Waals surface area (Å²) >= 11 is 0. The van der Waals surface area contributed by atoms with Gasteiger partial charge in [0.2, 0.25) is 0 Å². The van der Waals surface area contributed by atoms with Crippen molar-refractivity contribution < 1.29 is 13.2 Å². The first-order chi connectivity index (χ1) is 10.9. The predicted molar refractivity (Wildman–Crippen MR) is 81.9 cm³/mol. The largest absolute Gasteiger partial charge is 0.417 e. The normalized spacial score (nSPS) is 13.0. The molecule has 0 N–H and O–H groups in total. The number of nitrogens with zero attached hydrogens (tertiary/aromatic N) is 2. The second-order valence-electron chi connectivity index (χ2n) is 5.37. The van der Waals surface area contributed by atoms with Crippen LogP contribution >= 0.6 is 0 Å². The SMILES string of the molecule is C[C@H](c1cccc(C#N)c1)n1ccc2c(C(F)(F)F)cccc21. The van der Waals surface area contributed by atoms with Gasteiger partial charge in [-0.25, -0.2) is 0 Å². The second-order valence-corrected chi connectivity index (χ2v) is 5.37.